The summed E-state index contributed by atoms with van der Waals surface area (Å²) in [4.78, 5) is 4.21. The zero-order chi connectivity index (χ0) is 17.2. The highest BCUT2D eigenvalue weighted by atomic mass is 127. The van der Waals surface area contributed by atoms with E-state index in [1.165, 1.54) is 0 Å². The number of methoxy groups -OCH3 is 3. The first kappa shape index (κ1) is 22.6. The number of guanidine groups is 1. The third kappa shape index (κ3) is 6.62. The lowest BCUT2D eigenvalue weighted by atomic mass is 10.1. The molecule has 2 N–H and O–H groups in total. The maximum atomic E-state index is 5.49. The second-order valence-corrected chi connectivity index (χ2v) is 5.52. The van der Waals surface area contributed by atoms with E-state index in [2.05, 4.69) is 29.5 Å². The standard InChI is InChI=1S/C17H29N3O3.HI/c1-12(2)11-20-17(18-3)19-10-9-13-7-8-14(21-4)16(23-6)15(13)22-5;/h7-8,12H,9-11H2,1-6H3,(H2,18,19,20);1H. The average Bonchev–Trinajstić information content (AvgIpc) is 2.56. The van der Waals surface area contributed by atoms with Crippen molar-refractivity contribution in [2.45, 2.75) is 20.3 Å². The van der Waals surface area contributed by atoms with E-state index >= 15 is 0 Å². The van der Waals surface area contributed by atoms with Gasteiger partial charge in [-0.15, -0.1) is 24.0 Å². The van der Waals surface area contributed by atoms with Gasteiger partial charge in [-0.3, -0.25) is 4.99 Å². The Kier molecular flexibility index (Phi) is 11.4. The first-order chi connectivity index (χ1) is 11.1. The van der Waals surface area contributed by atoms with Crippen LogP contribution in [0.4, 0.5) is 0 Å². The summed E-state index contributed by atoms with van der Waals surface area (Å²) < 4.78 is 16.2. The number of halogens is 1. The summed E-state index contributed by atoms with van der Waals surface area (Å²) in [7, 11) is 6.63. The van der Waals surface area contributed by atoms with Gasteiger partial charge in [0, 0.05) is 25.7 Å². The molecule has 0 bridgehead atoms. The molecule has 0 unspecified atom stereocenters. The Labute approximate surface area is 162 Å². The molecule has 0 radical (unpaired) electrons. The van der Waals surface area contributed by atoms with E-state index in [0.29, 0.717) is 23.2 Å². The van der Waals surface area contributed by atoms with Crippen molar-refractivity contribution in [2.24, 2.45) is 10.9 Å². The van der Waals surface area contributed by atoms with Gasteiger partial charge < -0.3 is 24.8 Å². The number of rotatable bonds is 8. The maximum absolute atomic E-state index is 5.49. The number of hydrogen-bond donors (Lipinski definition) is 2. The SMILES string of the molecule is CN=C(NCCc1ccc(OC)c(OC)c1OC)NCC(C)C.I. The van der Waals surface area contributed by atoms with Crippen molar-refractivity contribution in [3.63, 3.8) is 0 Å². The second kappa shape index (κ2) is 12.0. The Hall–Kier alpha value is -1.38. The normalized spacial score (nSPS) is 10.9. The molecule has 0 aliphatic heterocycles. The number of nitrogens with one attached hydrogen (secondary N) is 2. The fraction of sp³-hybridized carbons (Fsp3) is 0.588. The predicted molar refractivity (Wildman–Crippen MR) is 109 cm³/mol. The largest absolute Gasteiger partial charge is 0.493 e. The van der Waals surface area contributed by atoms with E-state index in [0.717, 1.165) is 31.0 Å². The zero-order valence-electron chi connectivity index (χ0n) is 15.4. The minimum Gasteiger partial charge on any atom is -0.493 e. The Morgan fingerprint density at radius 1 is 1.04 bits per heavy atom. The number of aliphatic imine (C=N–C) groups is 1. The van der Waals surface area contributed by atoms with Gasteiger partial charge in [-0.25, -0.2) is 0 Å². The van der Waals surface area contributed by atoms with Crippen molar-refractivity contribution in [1.29, 1.82) is 0 Å². The molecule has 0 amide bonds. The Morgan fingerprint density at radius 2 is 1.71 bits per heavy atom. The maximum Gasteiger partial charge on any atom is 0.203 e. The van der Waals surface area contributed by atoms with E-state index < -0.39 is 0 Å². The van der Waals surface area contributed by atoms with Crippen molar-refractivity contribution < 1.29 is 14.2 Å². The third-order valence-electron chi connectivity index (χ3n) is 3.37. The molecule has 1 rings (SSSR count). The van der Waals surface area contributed by atoms with Crippen LogP contribution >= 0.6 is 24.0 Å². The summed E-state index contributed by atoms with van der Waals surface area (Å²) in [5.74, 6) is 3.36. The second-order valence-electron chi connectivity index (χ2n) is 5.52. The van der Waals surface area contributed by atoms with Crippen molar-refractivity contribution in [2.75, 3.05) is 41.5 Å². The molecule has 0 fully saturated rings. The van der Waals surface area contributed by atoms with Crippen LogP contribution in [0.15, 0.2) is 17.1 Å². The molecule has 24 heavy (non-hydrogen) atoms. The van der Waals surface area contributed by atoms with Crippen LogP contribution < -0.4 is 24.8 Å². The minimum absolute atomic E-state index is 0. The van der Waals surface area contributed by atoms with Gasteiger partial charge in [0.2, 0.25) is 5.75 Å². The number of benzene rings is 1. The van der Waals surface area contributed by atoms with Crippen molar-refractivity contribution in [3.05, 3.63) is 17.7 Å². The van der Waals surface area contributed by atoms with Gasteiger partial charge in [0.15, 0.2) is 17.5 Å². The summed E-state index contributed by atoms with van der Waals surface area (Å²) >= 11 is 0. The zero-order valence-corrected chi connectivity index (χ0v) is 17.8. The summed E-state index contributed by atoms with van der Waals surface area (Å²) in [5, 5.41) is 6.59. The lowest BCUT2D eigenvalue weighted by Gasteiger charge is -2.17. The van der Waals surface area contributed by atoms with E-state index in [9.17, 15) is 0 Å². The molecule has 0 aromatic heterocycles. The molecular formula is C17H30IN3O3. The lowest BCUT2D eigenvalue weighted by Crippen LogP contribution is -2.39. The molecule has 6 nitrogen and oxygen atoms in total. The fourth-order valence-corrected chi connectivity index (χ4v) is 2.20. The molecule has 1 aromatic carbocycles. The highest BCUT2D eigenvalue weighted by Gasteiger charge is 2.15. The van der Waals surface area contributed by atoms with Crippen LogP contribution in [0.2, 0.25) is 0 Å². The number of nitrogens with zero attached hydrogens (tertiary/aromatic N) is 1. The molecule has 138 valence electrons. The van der Waals surface area contributed by atoms with Gasteiger partial charge in [-0.2, -0.15) is 0 Å². The van der Waals surface area contributed by atoms with Crippen LogP contribution in [0.1, 0.15) is 19.4 Å². The van der Waals surface area contributed by atoms with Crippen LogP contribution in [0, 0.1) is 5.92 Å². The van der Waals surface area contributed by atoms with Crippen LogP contribution in [-0.2, 0) is 6.42 Å². The first-order valence-electron chi connectivity index (χ1n) is 7.79. The molecule has 0 aliphatic carbocycles. The van der Waals surface area contributed by atoms with Crippen molar-refractivity contribution >= 4 is 29.9 Å². The number of hydrogen-bond acceptors (Lipinski definition) is 4. The smallest absolute Gasteiger partial charge is 0.203 e. The predicted octanol–water partition coefficient (Wildman–Crippen LogP) is 2.69. The first-order valence-corrected chi connectivity index (χ1v) is 7.79. The van der Waals surface area contributed by atoms with Crippen LogP contribution in [0.3, 0.4) is 0 Å². The highest BCUT2D eigenvalue weighted by Crippen LogP contribution is 2.39. The third-order valence-corrected chi connectivity index (χ3v) is 3.37. The van der Waals surface area contributed by atoms with Gasteiger partial charge in [0.05, 0.1) is 21.3 Å². The number of ether oxygens (including phenoxy) is 3. The Bertz CT molecular complexity index is 522. The van der Waals surface area contributed by atoms with Crippen molar-refractivity contribution in [3.8, 4) is 17.2 Å². The quantitative estimate of drug-likeness (QED) is 0.362. The fourth-order valence-electron chi connectivity index (χ4n) is 2.20. The molecule has 7 heteroatoms. The van der Waals surface area contributed by atoms with E-state index in [1.54, 1.807) is 28.4 Å². The molecule has 1 aromatic rings. The highest BCUT2D eigenvalue weighted by molar-refractivity contribution is 14.0. The summed E-state index contributed by atoms with van der Waals surface area (Å²) in [6, 6.07) is 3.88. The topological polar surface area (TPSA) is 64.1 Å². The molecular weight excluding hydrogens is 421 g/mol. The van der Waals surface area contributed by atoms with Gasteiger partial charge in [0.25, 0.3) is 0 Å². The van der Waals surface area contributed by atoms with Crippen LogP contribution in [-0.4, -0.2) is 47.4 Å². The van der Waals surface area contributed by atoms with E-state index in [4.69, 9.17) is 14.2 Å². The summed E-state index contributed by atoms with van der Waals surface area (Å²) in [5.41, 5.74) is 1.05. The lowest BCUT2D eigenvalue weighted by molar-refractivity contribution is 0.322. The molecule has 0 heterocycles. The van der Waals surface area contributed by atoms with Gasteiger partial charge in [-0.1, -0.05) is 19.9 Å². The monoisotopic (exact) mass is 451 g/mol. The van der Waals surface area contributed by atoms with Crippen LogP contribution in [0.25, 0.3) is 0 Å². The van der Waals surface area contributed by atoms with Crippen LogP contribution in [0.5, 0.6) is 17.2 Å². The molecule has 0 aliphatic rings. The van der Waals surface area contributed by atoms with Crippen molar-refractivity contribution in [1.82, 2.24) is 10.6 Å². The minimum atomic E-state index is 0. The molecule has 0 spiro atoms. The average molecular weight is 451 g/mol. The Balaban J connectivity index is 0.00000529. The molecule has 0 saturated heterocycles. The van der Waals surface area contributed by atoms with Gasteiger partial charge in [0.1, 0.15) is 0 Å². The van der Waals surface area contributed by atoms with Gasteiger partial charge >= 0.3 is 0 Å². The molecule has 0 atom stereocenters. The Morgan fingerprint density at radius 3 is 2.21 bits per heavy atom. The molecule has 0 saturated carbocycles. The van der Waals surface area contributed by atoms with E-state index in [-0.39, 0.29) is 24.0 Å². The summed E-state index contributed by atoms with van der Waals surface area (Å²) in [6.45, 7) is 5.95. The van der Waals surface area contributed by atoms with Gasteiger partial charge in [-0.05, 0) is 18.4 Å². The summed E-state index contributed by atoms with van der Waals surface area (Å²) in [6.07, 6.45) is 0.784. The van der Waals surface area contributed by atoms with E-state index in [1.807, 2.05) is 12.1 Å².